The molecule has 7 heteroatoms. The smallest absolute Gasteiger partial charge is 0.281 e. The molecule has 4 rings (SSSR count). The topological polar surface area (TPSA) is 49.7 Å². The molecule has 1 aliphatic heterocycles. The number of aryl methyl sites for hydroxylation is 1. The highest BCUT2D eigenvalue weighted by Crippen LogP contribution is 2.31. The Morgan fingerprint density at radius 3 is 2.93 bits per heavy atom. The number of aromatic nitrogens is 1. The lowest BCUT2D eigenvalue weighted by atomic mass is 9.93. The van der Waals surface area contributed by atoms with Gasteiger partial charge in [-0.05, 0) is 37.3 Å². The molecule has 1 atom stereocenters. The molecule has 1 amide bonds. The largest absolute Gasteiger partial charge is 0.358 e. The zero-order valence-corrected chi connectivity index (χ0v) is 16.4. The van der Waals surface area contributed by atoms with Gasteiger partial charge in [0.1, 0.15) is 5.82 Å². The molecule has 144 valence electrons. The molecule has 2 N–H and O–H groups in total. The van der Waals surface area contributed by atoms with Gasteiger partial charge in [0.15, 0.2) is 11.7 Å². The van der Waals surface area contributed by atoms with E-state index in [9.17, 15) is 9.18 Å². The summed E-state index contributed by atoms with van der Waals surface area (Å²) in [4.78, 5) is 21.7. The van der Waals surface area contributed by atoms with Gasteiger partial charge in [-0.3, -0.25) is 10.1 Å². The molecular weight excluding hydrogens is 363 g/mol. The summed E-state index contributed by atoms with van der Waals surface area (Å²) in [5, 5.41) is 3.73. The van der Waals surface area contributed by atoms with Crippen molar-refractivity contribution in [2.45, 2.75) is 26.2 Å². The van der Waals surface area contributed by atoms with E-state index in [2.05, 4.69) is 22.1 Å². The van der Waals surface area contributed by atoms with Crippen molar-refractivity contribution in [3.05, 3.63) is 40.7 Å². The Morgan fingerprint density at radius 2 is 2.15 bits per heavy atom. The van der Waals surface area contributed by atoms with Gasteiger partial charge in [-0.25, -0.2) is 9.37 Å². The fourth-order valence-corrected chi connectivity index (χ4v) is 5.12. The van der Waals surface area contributed by atoms with Crippen molar-refractivity contribution in [3.63, 3.8) is 0 Å². The lowest BCUT2D eigenvalue weighted by molar-refractivity contribution is -0.892. The number of para-hydroxylation sites is 1. The molecule has 1 aliphatic carbocycles. The molecule has 5 nitrogen and oxygen atoms in total. The number of fused-ring (bicyclic) bond motifs is 1. The predicted octanol–water partition coefficient (Wildman–Crippen LogP) is 1.75. The zero-order chi connectivity index (χ0) is 18.8. The van der Waals surface area contributed by atoms with Crippen LogP contribution in [0, 0.1) is 11.7 Å². The summed E-state index contributed by atoms with van der Waals surface area (Å²) in [6, 6.07) is 6.88. The molecule has 1 aromatic carbocycles. The van der Waals surface area contributed by atoms with Crippen molar-refractivity contribution in [3.8, 4) is 0 Å². The van der Waals surface area contributed by atoms with E-state index in [1.54, 1.807) is 17.4 Å². The molecular formula is C20H26FN4OS+. The van der Waals surface area contributed by atoms with E-state index < -0.39 is 0 Å². The Labute approximate surface area is 163 Å². The maximum Gasteiger partial charge on any atom is 0.281 e. The van der Waals surface area contributed by atoms with Crippen LogP contribution in [-0.4, -0.2) is 43.6 Å². The van der Waals surface area contributed by atoms with Crippen LogP contribution in [0.4, 0.5) is 15.2 Å². The second-order valence-corrected chi connectivity index (χ2v) is 8.73. The van der Waals surface area contributed by atoms with Gasteiger partial charge >= 0.3 is 0 Å². The number of nitrogens with one attached hydrogen (secondary N) is 2. The number of hydrogen-bond donors (Lipinski definition) is 2. The Morgan fingerprint density at radius 1 is 1.37 bits per heavy atom. The number of quaternary nitrogens is 1. The van der Waals surface area contributed by atoms with E-state index in [-0.39, 0.29) is 11.7 Å². The molecule has 1 saturated heterocycles. The monoisotopic (exact) mass is 389 g/mol. The standard InChI is InChI=1S/C20H25FN4OS/c1-14-6-7-16-18(12-14)27-20(22-16)23-19(26)13-24-8-10-25(11-9-24)17-5-3-2-4-15(17)21/h2-5,14H,6-13H2,1H3,(H,22,23,26)/p+1/t14-/m1/s1. The van der Waals surface area contributed by atoms with E-state index in [1.807, 2.05) is 12.1 Å². The van der Waals surface area contributed by atoms with Crippen LogP contribution < -0.4 is 15.1 Å². The van der Waals surface area contributed by atoms with Crippen LogP contribution in [0.5, 0.6) is 0 Å². The highest BCUT2D eigenvalue weighted by atomic mass is 32.1. The molecule has 0 spiro atoms. The zero-order valence-electron chi connectivity index (χ0n) is 15.6. The van der Waals surface area contributed by atoms with E-state index in [1.165, 1.54) is 28.0 Å². The van der Waals surface area contributed by atoms with Gasteiger partial charge in [-0.2, -0.15) is 0 Å². The normalized spacial score (nSPS) is 20.4. The third kappa shape index (κ3) is 4.30. The quantitative estimate of drug-likeness (QED) is 0.838. The van der Waals surface area contributed by atoms with Crippen molar-refractivity contribution in [1.29, 1.82) is 0 Å². The first-order chi connectivity index (χ1) is 13.1. The number of carbonyl (C=O) groups excluding carboxylic acids is 1. The van der Waals surface area contributed by atoms with Gasteiger partial charge in [0.25, 0.3) is 5.91 Å². The minimum Gasteiger partial charge on any atom is -0.358 e. The van der Waals surface area contributed by atoms with E-state index >= 15 is 0 Å². The highest BCUT2D eigenvalue weighted by molar-refractivity contribution is 7.15. The van der Waals surface area contributed by atoms with Gasteiger partial charge < -0.3 is 9.80 Å². The molecule has 27 heavy (non-hydrogen) atoms. The summed E-state index contributed by atoms with van der Waals surface area (Å²) in [5.41, 5.74) is 1.82. The number of piperazine rings is 1. The molecule has 1 aromatic heterocycles. The van der Waals surface area contributed by atoms with E-state index in [0.717, 1.165) is 44.2 Å². The van der Waals surface area contributed by atoms with Crippen molar-refractivity contribution < 1.29 is 14.1 Å². The second kappa shape index (κ2) is 7.94. The molecule has 0 bridgehead atoms. The third-order valence-electron chi connectivity index (χ3n) is 5.51. The molecule has 0 saturated carbocycles. The van der Waals surface area contributed by atoms with Crippen LogP contribution in [0.2, 0.25) is 0 Å². The van der Waals surface area contributed by atoms with E-state index in [4.69, 9.17) is 0 Å². The molecule has 1 fully saturated rings. The number of halogens is 1. The van der Waals surface area contributed by atoms with Crippen LogP contribution in [0.1, 0.15) is 23.9 Å². The molecule has 0 radical (unpaired) electrons. The first-order valence-electron chi connectivity index (χ1n) is 9.70. The van der Waals surface area contributed by atoms with Gasteiger partial charge in [0, 0.05) is 4.88 Å². The van der Waals surface area contributed by atoms with Gasteiger partial charge in [0.2, 0.25) is 0 Å². The Balaban J connectivity index is 1.28. The van der Waals surface area contributed by atoms with Crippen LogP contribution in [-0.2, 0) is 17.6 Å². The Kier molecular flexibility index (Phi) is 5.41. The molecule has 2 aliphatic rings. The lowest BCUT2D eigenvalue weighted by Crippen LogP contribution is -3.15. The summed E-state index contributed by atoms with van der Waals surface area (Å²) in [7, 11) is 0. The first-order valence-corrected chi connectivity index (χ1v) is 10.5. The molecule has 0 unspecified atom stereocenters. The minimum atomic E-state index is -0.180. The summed E-state index contributed by atoms with van der Waals surface area (Å²) in [5.74, 6) is 0.543. The predicted molar refractivity (Wildman–Crippen MR) is 106 cm³/mol. The fraction of sp³-hybridized carbons (Fsp3) is 0.500. The van der Waals surface area contributed by atoms with Crippen LogP contribution in [0.3, 0.4) is 0 Å². The van der Waals surface area contributed by atoms with Crippen molar-refractivity contribution in [2.24, 2.45) is 5.92 Å². The number of anilines is 2. The number of rotatable bonds is 4. The minimum absolute atomic E-state index is 0.0171. The van der Waals surface area contributed by atoms with Crippen molar-refractivity contribution in [2.75, 3.05) is 42.9 Å². The number of thiazole rings is 1. The highest BCUT2D eigenvalue weighted by Gasteiger charge is 2.25. The number of amides is 1. The third-order valence-corrected chi connectivity index (χ3v) is 6.54. The van der Waals surface area contributed by atoms with E-state index in [0.29, 0.717) is 18.2 Å². The summed E-state index contributed by atoms with van der Waals surface area (Å²) < 4.78 is 13.9. The summed E-state index contributed by atoms with van der Waals surface area (Å²) >= 11 is 1.63. The molecule has 2 heterocycles. The van der Waals surface area contributed by atoms with Crippen LogP contribution >= 0.6 is 11.3 Å². The number of carbonyl (C=O) groups is 1. The number of benzene rings is 1. The number of nitrogens with zero attached hydrogens (tertiary/aromatic N) is 2. The average Bonchev–Trinajstić information content (AvgIpc) is 3.04. The van der Waals surface area contributed by atoms with Gasteiger partial charge in [-0.15, -0.1) is 11.3 Å². The maximum absolute atomic E-state index is 13.9. The van der Waals surface area contributed by atoms with Crippen LogP contribution in [0.15, 0.2) is 24.3 Å². The number of hydrogen-bond acceptors (Lipinski definition) is 4. The second-order valence-electron chi connectivity index (χ2n) is 7.65. The lowest BCUT2D eigenvalue weighted by Gasteiger charge is -2.33. The molecule has 2 aromatic rings. The summed E-state index contributed by atoms with van der Waals surface area (Å²) in [6.07, 6.45) is 3.28. The SMILES string of the molecule is C[C@@H]1CCc2nc(NC(=O)C[NH+]3CCN(c4ccccc4F)CC3)sc2C1. The Bertz CT molecular complexity index is 816. The summed E-state index contributed by atoms with van der Waals surface area (Å²) in [6.45, 7) is 5.87. The average molecular weight is 390 g/mol. The van der Waals surface area contributed by atoms with Gasteiger partial charge in [0.05, 0.1) is 37.6 Å². The first kappa shape index (κ1) is 18.4. The van der Waals surface area contributed by atoms with Crippen LogP contribution in [0.25, 0.3) is 0 Å². The van der Waals surface area contributed by atoms with Gasteiger partial charge in [-0.1, -0.05) is 19.1 Å². The fourth-order valence-electron chi connectivity index (χ4n) is 3.93. The Hall–Kier alpha value is -1.99. The van der Waals surface area contributed by atoms with Crippen molar-refractivity contribution in [1.82, 2.24) is 4.98 Å². The maximum atomic E-state index is 13.9. The van der Waals surface area contributed by atoms with Crippen molar-refractivity contribution >= 4 is 28.1 Å².